The number of aromatic amines is 1. The SMILES string of the molecule is Cc1cn([C@H]2CCN(C(=O)C3CCOCC3)C[C@]2(C)O)c(=O)[nH]c1=O. The molecular weight excluding hydrogens is 326 g/mol. The van der Waals surface area contributed by atoms with Crippen LogP contribution in [0.4, 0.5) is 0 Å². The lowest BCUT2D eigenvalue weighted by molar-refractivity contribution is -0.147. The first kappa shape index (κ1) is 17.9. The molecule has 0 unspecified atom stereocenters. The van der Waals surface area contributed by atoms with Crippen molar-refractivity contribution in [3.8, 4) is 0 Å². The highest BCUT2D eigenvalue weighted by molar-refractivity contribution is 5.79. The Morgan fingerprint density at radius 1 is 1.32 bits per heavy atom. The van der Waals surface area contributed by atoms with Crippen LogP contribution in [-0.4, -0.2) is 57.4 Å². The summed E-state index contributed by atoms with van der Waals surface area (Å²) in [5, 5.41) is 10.9. The number of likely N-dealkylation sites (tertiary alicyclic amines) is 1. The van der Waals surface area contributed by atoms with Crippen LogP contribution < -0.4 is 11.2 Å². The molecule has 1 aromatic heterocycles. The minimum Gasteiger partial charge on any atom is -0.386 e. The molecule has 8 nitrogen and oxygen atoms in total. The minimum absolute atomic E-state index is 0.0482. The number of aromatic nitrogens is 2. The average molecular weight is 351 g/mol. The minimum atomic E-state index is -1.26. The Kier molecular flexibility index (Phi) is 4.83. The molecule has 0 saturated carbocycles. The number of H-pyrrole nitrogens is 1. The summed E-state index contributed by atoms with van der Waals surface area (Å²) < 4.78 is 6.68. The third-order valence-corrected chi connectivity index (χ3v) is 5.27. The summed E-state index contributed by atoms with van der Waals surface area (Å²) in [6.07, 6.45) is 3.35. The highest BCUT2D eigenvalue weighted by Crippen LogP contribution is 2.32. The Balaban J connectivity index is 1.79. The predicted molar refractivity (Wildman–Crippen MR) is 90.5 cm³/mol. The molecule has 0 radical (unpaired) electrons. The zero-order valence-electron chi connectivity index (χ0n) is 14.7. The number of hydrogen-bond acceptors (Lipinski definition) is 5. The zero-order chi connectivity index (χ0) is 18.2. The number of rotatable bonds is 2. The van der Waals surface area contributed by atoms with Crippen molar-refractivity contribution >= 4 is 5.91 Å². The van der Waals surface area contributed by atoms with Crippen molar-refractivity contribution in [2.24, 2.45) is 5.92 Å². The maximum Gasteiger partial charge on any atom is 0.328 e. The number of β-amino-alcohol motifs (C(OH)–C–C–N with tert-alkyl or cyclic N) is 1. The number of nitrogens with zero attached hydrogens (tertiary/aromatic N) is 2. The maximum atomic E-state index is 12.7. The number of nitrogens with one attached hydrogen (secondary N) is 1. The van der Waals surface area contributed by atoms with E-state index in [-0.39, 0.29) is 18.4 Å². The van der Waals surface area contributed by atoms with Gasteiger partial charge in [-0.05, 0) is 33.1 Å². The zero-order valence-corrected chi connectivity index (χ0v) is 14.7. The molecule has 2 saturated heterocycles. The molecule has 1 aromatic rings. The highest BCUT2D eigenvalue weighted by Gasteiger charge is 2.42. The van der Waals surface area contributed by atoms with Crippen LogP contribution in [0.3, 0.4) is 0 Å². The number of aryl methyl sites for hydroxylation is 1. The third-order valence-electron chi connectivity index (χ3n) is 5.27. The molecule has 2 aliphatic rings. The van der Waals surface area contributed by atoms with E-state index in [4.69, 9.17) is 4.74 Å². The van der Waals surface area contributed by atoms with Crippen molar-refractivity contribution in [1.29, 1.82) is 0 Å². The van der Waals surface area contributed by atoms with Crippen LogP contribution in [0.15, 0.2) is 15.8 Å². The van der Waals surface area contributed by atoms with Gasteiger partial charge in [0.1, 0.15) is 5.60 Å². The van der Waals surface area contributed by atoms with E-state index in [1.807, 2.05) is 0 Å². The van der Waals surface area contributed by atoms with Gasteiger partial charge in [-0.1, -0.05) is 0 Å². The lowest BCUT2D eigenvalue weighted by Gasteiger charge is -2.44. The van der Waals surface area contributed by atoms with Gasteiger partial charge in [-0.2, -0.15) is 0 Å². The van der Waals surface area contributed by atoms with Gasteiger partial charge in [-0.3, -0.25) is 19.1 Å². The monoisotopic (exact) mass is 351 g/mol. The first-order valence-corrected chi connectivity index (χ1v) is 8.70. The molecule has 3 heterocycles. The van der Waals surface area contributed by atoms with Gasteiger partial charge in [-0.15, -0.1) is 0 Å². The number of piperidine rings is 1. The number of carbonyl (C=O) groups excluding carboxylic acids is 1. The number of ether oxygens (including phenoxy) is 1. The molecule has 2 fully saturated rings. The first-order chi connectivity index (χ1) is 11.8. The number of aliphatic hydroxyl groups is 1. The van der Waals surface area contributed by atoms with Crippen LogP contribution in [0.1, 0.15) is 37.8 Å². The van der Waals surface area contributed by atoms with Crippen LogP contribution in [0, 0.1) is 12.8 Å². The molecule has 1 amide bonds. The van der Waals surface area contributed by atoms with Crippen LogP contribution >= 0.6 is 0 Å². The van der Waals surface area contributed by atoms with E-state index < -0.39 is 22.9 Å². The van der Waals surface area contributed by atoms with Crippen molar-refractivity contribution in [3.05, 3.63) is 32.6 Å². The van der Waals surface area contributed by atoms with Crippen molar-refractivity contribution in [2.75, 3.05) is 26.3 Å². The lowest BCUT2D eigenvalue weighted by atomic mass is 9.87. The van der Waals surface area contributed by atoms with Gasteiger partial charge in [0.2, 0.25) is 5.91 Å². The van der Waals surface area contributed by atoms with E-state index in [1.54, 1.807) is 18.7 Å². The number of hydrogen-bond donors (Lipinski definition) is 2. The van der Waals surface area contributed by atoms with Crippen LogP contribution in [0.2, 0.25) is 0 Å². The summed E-state index contributed by atoms with van der Waals surface area (Å²) >= 11 is 0. The molecule has 0 spiro atoms. The van der Waals surface area contributed by atoms with Gasteiger partial charge >= 0.3 is 5.69 Å². The van der Waals surface area contributed by atoms with Crippen LogP contribution in [-0.2, 0) is 9.53 Å². The van der Waals surface area contributed by atoms with E-state index in [0.29, 0.717) is 44.6 Å². The Hall–Kier alpha value is -1.93. The standard InChI is InChI=1S/C17H25N3O5/c1-11-9-20(16(23)18-14(11)21)13-3-6-19(10-17(13,2)24)15(22)12-4-7-25-8-5-12/h9,12-13,24H,3-8,10H2,1-2H3,(H,18,21,23)/t13-,17-/m0/s1. The molecule has 0 aliphatic carbocycles. The van der Waals surface area contributed by atoms with E-state index in [0.717, 1.165) is 0 Å². The van der Waals surface area contributed by atoms with Gasteiger partial charge in [0.25, 0.3) is 5.56 Å². The molecule has 8 heteroatoms. The number of carbonyl (C=O) groups is 1. The molecule has 2 N–H and O–H groups in total. The van der Waals surface area contributed by atoms with E-state index in [1.165, 1.54) is 10.8 Å². The summed E-state index contributed by atoms with van der Waals surface area (Å²) in [4.78, 5) is 40.4. The fourth-order valence-corrected chi connectivity index (χ4v) is 3.81. The number of amides is 1. The summed E-state index contributed by atoms with van der Waals surface area (Å²) in [5.74, 6) is -0.00818. The summed E-state index contributed by atoms with van der Waals surface area (Å²) in [5.41, 5.74) is -1.80. The van der Waals surface area contributed by atoms with E-state index in [2.05, 4.69) is 4.98 Å². The second-order valence-corrected chi connectivity index (χ2v) is 7.29. The predicted octanol–water partition coefficient (Wildman–Crippen LogP) is -0.204. The van der Waals surface area contributed by atoms with E-state index in [9.17, 15) is 19.5 Å². The molecule has 25 heavy (non-hydrogen) atoms. The Morgan fingerprint density at radius 3 is 2.64 bits per heavy atom. The molecule has 0 aromatic carbocycles. The fraction of sp³-hybridized carbons (Fsp3) is 0.706. The van der Waals surface area contributed by atoms with Crippen molar-refractivity contribution in [1.82, 2.24) is 14.5 Å². The molecule has 3 rings (SSSR count). The molecule has 2 atom stereocenters. The quantitative estimate of drug-likeness (QED) is 0.768. The Morgan fingerprint density at radius 2 is 2.00 bits per heavy atom. The maximum absolute atomic E-state index is 12.7. The van der Waals surface area contributed by atoms with Gasteiger partial charge in [0, 0.05) is 37.4 Å². The van der Waals surface area contributed by atoms with Crippen molar-refractivity contribution < 1.29 is 14.6 Å². The molecule has 2 aliphatic heterocycles. The Labute approximate surface area is 145 Å². The Bertz CT molecular complexity index is 760. The summed E-state index contributed by atoms with van der Waals surface area (Å²) in [7, 11) is 0. The van der Waals surface area contributed by atoms with Gasteiger partial charge in [-0.25, -0.2) is 4.79 Å². The molecule has 138 valence electrons. The van der Waals surface area contributed by atoms with E-state index >= 15 is 0 Å². The van der Waals surface area contributed by atoms with Crippen molar-refractivity contribution in [2.45, 2.75) is 44.8 Å². The smallest absolute Gasteiger partial charge is 0.328 e. The third kappa shape index (κ3) is 3.55. The second kappa shape index (κ2) is 6.76. The normalized spacial score (nSPS) is 28.1. The largest absolute Gasteiger partial charge is 0.386 e. The summed E-state index contributed by atoms with van der Waals surface area (Å²) in [6.45, 7) is 5.08. The average Bonchev–Trinajstić information content (AvgIpc) is 2.58. The lowest BCUT2D eigenvalue weighted by Crippen LogP contribution is -2.57. The molecule has 0 bridgehead atoms. The topological polar surface area (TPSA) is 105 Å². The molecular formula is C17H25N3O5. The second-order valence-electron chi connectivity index (χ2n) is 7.29. The van der Waals surface area contributed by atoms with Gasteiger partial charge < -0.3 is 14.7 Å². The van der Waals surface area contributed by atoms with Crippen LogP contribution in [0.25, 0.3) is 0 Å². The van der Waals surface area contributed by atoms with Crippen LogP contribution in [0.5, 0.6) is 0 Å². The fourth-order valence-electron chi connectivity index (χ4n) is 3.81. The van der Waals surface area contributed by atoms with Gasteiger partial charge in [0.15, 0.2) is 0 Å². The first-order valence-electron chi connectivity index (χ1n) is 8.70. The highest BCUT2D eigenvalue weighted by atomic mass is 16.5. The van der Waals surface area contributed by atoms with Crippen molar-refractivity contribution in [3.63, 3.8) is 0 Å². The summed E-state index contributed by atoms with van der Waals surface area (Å²) in [6, 6.07) is -0.491. The van der Waals surface area contributed by atoms with Gasteiger partial charge in [0.05, 0.1) is 12.6 Å².